The second-order valence-electron chi connectivity index (χ2n) is 6.40. The fourth-order valence-corrected chi connectivity index (χ4v) is 2.82. The highest BCUT2D eigenvalue weighted by atomic mass is 16.7. The maximum atomic E-state index is 9.82. The molecule has 1 aliphatic heterocycles. The van der Waals surface area contributed by atoms with E-state index in [2.05, 4.69) is 6.92 Å². The Morgan fingerprint density at radius 1 is 0.783 bits per heavy atom. The quantitative estimate of drug-likeness (QED) is 0.402. The molecule has 1 heterocycles. The number of ether oxygens (including phenoxy) is 2. The van der Waals surface area contributed by atoms with Crippen molar-refractivity contribution in [2.24, 2.45) is 0 Å². The molecular formula is C17H34O6. The van der Waals surface area contributed by atoms with E-state index < -0.39 is 37.3 Å². The Morgan fingerprint density at radius 2 is 1.35 bits per heavy atom. The van der Waals surface area contributed by atoms with Crippen LogP contribution >= 0.6 is 0 Å². The summed E-state index contributed by atoms with van der Waals surface area (Å²) in [4.78, 5) is 0. The van der Waals surface area contributed by atoms with Crippen molar-refractivity contribution < 1.29 is 29.9 Å². The minimum absolute atomic E-state index is 0.428. The van der Waals surface area contributed by atoms with Gasteiger partial charge in [0.15, 0.2) is 6.29 Å². The van der Waals surface area contributed by atoms with Crippen LogP contribution in [0.2, 0.25) is 0 Å². The number of rotatable bonds is 12. The van der Waals surface area contributed by atoms with Gasteiger partial charge < -0.3 is 29.9 Å². The summed E-state index contributed by atoms with van der Waals surface area (Å²) < 4.78 is 10.7. The van der Waals surface area contributed by atoms with Gasteiger partial charge in [0.25, 0.3) is 0 Å². The minimum atomic E-state index is -1.37. The van der Waals surface area contributed by atoms with Crippen LogP contribution in [0, 0.1) is 0 Å². The van der Waals surface area contributed by atoms with Crippen LogP contribution in [0.25, 0.3) is 0 Å². The van der Waals surface area contributed by atoms with Crippen LogP contribution in [-0.4, -0.2) is 64.3 Å². The van der Waals surface area contributed by atoms with Gasteiger partial charge in [0, 0.05) is 6.61 Å². The van der Waals surface area contributed by atoms with Gasteiger partial charge in [-0.3, -0.25) is 0 Å². The van der Waals surface area contributed by atoms with Crippen LogP contribution in [0.5, 0.6) is 0 Å². The Kier molecular flexibility index (Phi) is 11.0. The molecule has 4 unspecified atom stereocenters. The predicted octanol–water partition coefficient (Wildman–Crippen LogP) is 1.33. The number of aliphatic hydroxyl groups is 4. The Morgan fingerprint density at radius 3 is 1.91 bits per heavy atom. The molecule has 6 nitrogen and oxygen atoms in total. The molecule has 0 aromatic rings. The third-order valence-corrected chi connectivity index (χ3v) is 4.38. The van der Waals surface area contributed by atoms with Crippen molar-refractivity contribution in [1.29, 1.82) is 0 Å². The zero-order chi connectivity index (χ0) is 17.1. The summed E-state index contributed by atoms with van der Waals surface area (Å²) in [6.07, 6.45) is 4.97. The molecule has 1 rings (SSSR count). The van der Waals surface area contributed by atoms with Gasteiger partial charge in [-0.25, -0.2) is 0 Å². The molecule has 0 aromatic carbocycles. The molecule has 138 valence electrons. The maximum absolute atomic E-state index is 9.82. The van der Waals surface area contributed by atoms with Crippen LogP contribution in [0.3, 0.4) is 0 Å². The van der Waals surface area contributed by atoms with Crippen molar-refractivity contribution in [3.05, 3.63) is 0 Å². The summed E-state index contributed by atoms with van der Waals surface area (Å²) in [6, 6.07) is 0. The van der Waals surface area contributed by atoms with Crippen molar-refractivity contribution >= 4 is 0 Å². The molecule has 1 saturated heterocycles. The summed E-state index contributed by atoms with van der Waals surface area (Å²) >= 11 is 0. The average molecular weight is 334 g/mol. The van der Waals surface area contributed by atoms with E-state index in [-0.39, 0.29) is 0 Å². The van der Waals surface area contributed by atoms with Crippen molar-refractivity contribution in [2.45, 2.75) is 95.4 Å². The number of unbranched alkanes of at least 4 members (excludes halogenated alkanes) is 8. The highest BCUT2D eigenvalue weighted by molar-refractivity contribution is 4.88. The first kappa shape index (κ1) is 20.8. The average Bonchev–Trinajstić information content (AvgIpc) is 2.56. The highest BCUT2D eigenvalue weighted by Crippen LogP contribution is 2.22. The Balaban J connectivity index is 2.06. The fourth-order valence-electron chi connectivity index (χ4n) is 2.82. The molecule has 0 saturated carbocycles. The van der Waals surface area contributed by atoms with Crippen LogP contribution in [0.15, 0.2) is 0 Å². The van der Waals surface area contributed by atoms with Gasteiger partial charge in [0.2, 0.25) is 0 Å². The molecule has 0 radical (unpaired) electrons. The van der Waals surface area contributed by atoms with Crippen LogP contribution in [0.1, 0.15) is 64.7 Å². The molecule has 6 heteroatoms. The third-order valence-electron chi connectivity index (χ3n) is 4.38. The molecule has 0 aliphatic carbocycles. The first-order valence-corrected chi connectivity index (χ1v) is 9.04. The van der Waals surface area contributed by atoms with Crippen LogP contribution < -0.4 is 0 Å². The summed E-state index contributed by atoms with van der Waals surface area (Å²) in [5.41, 5.74) is 0. The first-order valence-electron chi connectivity index (χ1n) is 9.04. The Hall–Kier alpha value is -0.240. The van der Waals surface area contributed by atoms with Gasteiger partial charge in [-0.2, -0.15) is 0 Å². The smallest absolute Gasteiger partial charge is 0.186 e. The van der Waals surface area contributed by atoms with E-state index in [4.69, 9.17) is 14.6 Å². The molecular weight excluding hydrogens is 300 g/mol. The Labute approximate surface area is 139 Å². The lowest BCUT2D eigenvalue weighted by Gasteiger charge is -2.39. The van der Waals surface area contributed by atoms with Gasteiger partial charge in [0.05, 0.1) is 6.61 Å². The van der Waals surface area contributed by atoms with E-state index in [1.165, 1.54) is 44.9 Å². The van der Waals surface area contributed by atoms with E-state index in [0.29, 0.717) is 6.61 Å². The predicted molar refractivity (Wildman–Crippen MR) is 86.9 cm³/mol. The first-order chi connectivity index (χ1) is 11.1. The molecule has 5 atom stereocenters. The molecule has 1 fully saturated rings. The largest absolute Gasteiger partial charge is 0.394 e. The van der Waals surface area contributed by atoms with E-state index in [1.807, 2.05) is 0 Å². The zero-order valence-corrected chi connectivity index (χ0v) is 14.3. The standard InChI is InChI=1S/C17H34O6/c1-2-3-4-5-6-7-8-9-10-11-22-17-16(21)15(20)14(19)13(12-18)23-17/h13-21H,2-12H2,1H3/t13?,14-,15?,16?,17?/m1/s1. The van der Waals surface area contributed by atoms with Gasteiger partial charge in [0.1, 0.15) is 24.4 Å². The second-order valence-corrected chi connectivity index (χ2v) is 6.40. The number of aliphatic hydroxyl groups excluding tert-OH is 4. The fraction of sp³-hybridized carbons (Fsp3) is 1.00. The topological polar surface area (TPSA) is 99.4 Å². The summed E-state index contributed by atoms with van der Waals surface area (Å²) in [6.45, 7) is 2.22. The lowest BCUT2D eigenvalue weighted by Crippen LogP contribution is -2.59. The third kappa shape index (κ3) is 7.45. The van der Waals surface area contributed by atoms with Crippen LogP contribution in [0.4, 0.5) is 0 Å². The number of hydrogen-bond acceptors (Lipinski definition) is 6. The van der Waals surface area contributed by atoms with E-state index >= 15 is 0 Å². The van der Waals surface area contributed by atoms with Gasteiger partial charge >= 0.3 is 0 Å². The maximum Gasteiger partial charge on any atom is 0.186 e. The van der Waals surface area contributed by atoms with Gasteiger partial charge in [-0.1, -0.05) is 58.3 Å². The van der Waals surface area contributed by atoms with Crippen molar-refractivity contribution in [2.75, 3.05) is 13.2 Å². The summed E-state index contributed by atoms with van der Waals surface area (Å²) in [5.74, 6) is 0. The van der Waals surface area contributed by atoms with Gasteiger partial charge in [-0.15, -0.1) is 0 Å². The highest BCUT2D eigenvalue weighted by Gasteiger charge is 2.43. The Bertz CT molecular complexity index is 286. The molecule has 23 heavy (non-hydrogen) atoms. The molecule has 1 aliphatic rings. The van der Waals surface area contributed by atoms with E-state index in [1.54, 1.807) is 0 Å². The molecule has 0 bridgehead atoms. The van der Waals surface area contributed by atoms with Crippen molar-refractivity contribution in [1.82, 2.24) is 0 Å². The lowest BCUT2D eigenvalue weighted by atomic mass is 9.99. The van der Waals surface area contributed by atoms with Crippen molar-refractivity contribution in [3.63, 3.8) is 0 Å². The molecule has 0 amide bonds. The molecule has 4 N–H and O–H groups in total. The van der Waals surface area contributed by atoms with E-state index in [0.717, 1.165) is 12.8 Å². The normalized spacial score (nSPS) is 31.4. The summed E-state index contributed by atoms with van der Waals surface area (Å²) in [5, 5.41) is 38.2. The van der Waals surface area contributed by atoms with Crippen LogP contribution in [-0.2, 0) is 9.47 Å². The zero-order valence-electron chi connectivity index (χ0n) is 14.3. The second kappa shape index (κ2) is 12.2. The van der Waals surface area contributed by atoms with Gasteiger partial charge in [-0.05, 0) is 6.42 Å². The molecule has 0 aromatic heterocycles. The van der Waals surface area contributed by atoms with Crippen molar-refractivity contribution in [3.8, 4) is 0 Å². The molecule has 0 spiro atoms. The minimum Gasteiger partial charge on any atom is -0.394 e. The number of hydrogen-bond donors (Lipinski definition) is 4. The lowest BCUT2D eigenvalue weighted by molar-refractivity contribution is -0.301. The summed E-state index contributed by atoms with van der Waals surface area (Å²) in [7, 11) is 0. The van der Waals surface area contributed by atoms with E-state index in [9.17, 15) is 15.3 Å². The SMILES string of the molecule is CCCCCCCCCCCOC1OC(CO)[C@@H](O)C(O)C1O. The monoisotopic (exact) mass is 334 g/mol.